The van der Waals surface area contributed by atoms with Crippen molar-refractivity contribution in [3.05, 3.63) is 106 Å². The van der Waals surface area contributed by atoms with Gasteiger partial charge in [-0.25, -0.2) is 0 Å². The molecule has 1 aliphatic rings. The SMILES string of the molecule is NC(N)=NCCCC(Nc1ccc([N+](=O)[O-])cc1)C(=O)NC(=O)C(Cc1ccccc1)NC(=O)C1CCCN1C(=O)c1ccccc1. The number of carbonyl (C=O) groups excluding carboxylic acids is 4. The van der Waals surface area contributed by atoms with Crippen LogP contribution in [0.2, 0.25) is 0 Å². The summed E-state index contributed by atoms with van der Waals surface area (Å²) in [5, 5.41) is 19.3. The molecule has 1 heterocycles. The Morgan fingerprint density at radius 3 is 2.19 bits per heavy atom. The molecule has 1 saturated heterocycles. The number of nitrogens with one attached hydrogen (secondary N) is 3. The summed E-state index contributed by atoms with van der Waals surface area (Å²) >= 11 is 0. The van der Waals surface area contributed by atoms with Gasteiger partial charge < -0.3 is 27.0 Å². The molecule has 14 nitrogen and oxygen atoms in total. The fraction of sp³-hybridized carbons (Fsp3) is 0.303. The quantitative estimate of drug-likeness (QED) is 0.0571. The number of nitro groups is 1. The first-order chi connectivity index (χ1) is 22.6. The monoisotopic (exact) mass is 642 g/mol. The minimum atomic E-state index is -1.13. The van der Waals surface area contributed by atoms with Gasteiger partial charge in [-0.3, -0.25) is 39.6 Å². The lowest BCUT2D eigenvalue weighted by Gasteiger charge is -2.27. The molecule has 3 aromatic carbocycles. The predicted octanol–water partition coefficient (Wildman–Crippen LogP) is 2.10. The van der Waals surface area contributed by atoms with Crippen LogP contribution in [0, 0.1) is 10.1 Å². The molecule has 3 aromatic rings. The highest BCUT2D eigenvalue weighted by molar-refractivity contribution is 6.03. The maximum atomic E-state index is 13.7. The summed E-state index contributed by atoms with van der Waals surface area (Å²) in [6.07, 6.45) is 1.74. The fourth-order valence-electron chi connectivity index (χ4n) is 5.30. The summed E-state index contributed by atoms with van der Waals surface area (Å²) in [4.78, 5) is 69.9. The number of nitrogens with zero attached hydrogens (tertiary/aromatic N) is 3. The number of non-ortho nitro benzene ring substituents is 1. The molecule has 14 heteroatoms. The van der Waals surface area contributed by atoms with Gasteiger partial charge in [-0.15, -0.1) is 0 Å². The molecule has 246 valence electrons. The van der Waals surface area contributed by atoms with E-state index >= 15 is 0 Å². The number of rotatable bonds is 14. The number of likely N-dealkylation sites (tertiary alicyclic amines) is 1. The average molecular weight is 643 g/mol. The van der Waals surface area contributed by atoms with Crippen LogP contribution in [-0.4, -0.2) is 70.6 Å². The van der Waals surface area contributed by atoms with Gasteiger partial charge in [0.25, 0.3) is 11.6 Å². The van der Waals surface area contributed by atoms with Crippen LogP contribution < -0.4 is 27.4 Å². The first kappa shape index (κ1) is 34.1. The smallest absolute Gasteiger partial charge is 0.269 e. The number of aliphatic imine (C=N–C) groups is 1. The summed E-state index contributed by atoms with van der Waals surface area (Å²) in [7, 11) is 0. The number of anilines is 1. The van der Waals surface area contributed by atoms with Gasteiger partial charge in [0.05, 0.1) is 4.92 Å². The van der Waals surface area contributed by atoms with Gasteiger partial charge in [0.1, 0.15) is 18.1 Å². The molecule has 0 radical (unpaired) electrons. The van der Waals surface area contributed by atoms with Crippen LogP contribution in [-0.2, 0) is 20.8 Å². The van der Waals surface area contributed by atoms with E-state index in [1.807, 2.05) is 6.07 Å². The zero-order valence-electron chi connectivity index (χ0n) is 25.7. The van der Waals surface area contributed by atoms with Crippen molar-refractivity contribution in [2.45, 2.75) is 50.2 Å². The number of nitro benzene ring substituents is 1. The molecule has 7 N–H and O–H groups in total. The van der Waals surface area contributed by atoms with Crippen molar-refractivity contribution in [2.75, 3.05) is 18.4 Å². The molecule has 3 atom stereocenters. The van der Waals surface area contributed by atoms with E-state index in [0.29, 0.717) is 37.1 Å². The van der Waals surface area contributed by atoms with Gasteiger partial charge in [0.2, 0.25) is 17.7 Å². The number of benzene rings is 3. The van der Waals surface area contributed by atoms with Crippen LogP contribution in [0.5, 0.6) is 0 Å². The molecule has 4 amide bonds. The zero-order valence-corrected chi connectivity index (χ0v) is 25.7. The molecule has 0 bridgehead atoms. The lowest BCUT2D eigenvalue weighted by Crippen LogP contribution is -2.56. The number of amides is 4. The molecule has 4 rings (SSSR count). The first-order valence-corrected chi connectivity index (χ1v) is 15.2. The summed E-state index contributed by atoms with van der Waals surface area (Å²) < 4.78 is 0. The summed E-state index contributed by atoms with van der Waals surface area (Å²) in [5.41, 5.74) is 12.3. The van der Waals surface area contributed by atoms with E-state index in [9.17, 15) is 29.3 Å². The topological polar surface area (TPSA) is 215 Å². The molecule has 0 aromatic heterocycles. The van der Waals surface area contributed by atoms with Gasteiger partial charge in [0.15, 0.2) is 5.96 Å². The fourth-order valence-corrected chi connectivity index (χ4v) is 5.30. The first-order valence-electron chi connectivity index (χ1n) is 15.2. The third-order valence-electron chi connectivity index (χ3n) is 7.68. The maximum absolute atomic E-state index is 13.7. The van der Waals surface area contributed by atoms with Crippen molar-refractivity contribution in [3.8, 4) is 0 Å². The predicted molar refractivity (Wildman–Crippen MR) is 176 cm³/mol. The second kappa shape index (κ2) is 16.5. The number of carbonyl (C=O) groups is 4. The molecule has 47 heavy (non-hydrogen) atoms. The second-order valence-electron chi connectivity index (χ2n) is 11.1. The Morgan fingerprint density at radius 1 is 0.915 bits per heavy atom. The van der Waals surface area contributed by atoms with Crippen LogP contribution >= 0.6 is 0 Å². The van der Waals surface area contributed by atoms with Crippen molar-refractivity contribution in [2.24, 2.45) is 16.5 Å². The van der Waals surface area contributed by atoms with Crippen molar-refractivity contribution in [1.29, 1.82) is 0 Å². The Bertz CT molecular complexity index is 1580. The minimum absolute atomic E-state index is 0.0932. The van der Waals surface area contributed by atoms with E-state index < -0.39 is 40.8 Å². The minimum Gasteiger partial charge on any atom is -0.374 e. The zero-order chi connectivity index (χ0) is 33.8. The van der Waals surface area contributed by atoms with Crippen LogP contribution in [0.3, 0.4) is 0 Å². The molecule has 0 spiro atoms. The lowest BCUT2D eigenvalue weighted by atomic mass is 10.0. The highest BCUT2D eigenvalue weighted by Gasteiger charge is 2.36. The van der Waals surface area contributed by atoms with E-state index in [2.05, 4.69) is 20.9 Å². The third-order valence-corrected chi connectivity index (χ3v) is 7.68. The van der Waals surface area contributed by atoms with Gasteiger partial charge >= 0.3 is 0 Å². The third kappa shape index (κ3) is 9.85. The number of hydrogen-bond acceptors (Lipinski definition) is 8. The molecule has 0 saturated carbocycles. The Hall–Kier alpha value is -5.79. The standard InChI is InChI=1S/C33H38N8O6/c34-33(35)36-19-7-13-26(37-24-15-17-25(18-16-24)41(46)47)29(42)39-30(43)27(21-22-9-3-1-4-10-22)38-31(44)28-14-8-20-40(28)32(45)23-11-5-2-6-12-23/h1-6,9-12,15-18,26-28,37H,7-8,13-14,19-21H2,(H,38,44)(H4,34,35,36)(H,39,42,43). The van der Waals surface area contributed by atoms with Crippen molar-refractivity contribution in [3.63, 3.8) is 0 Å². The van der Waals surface area contributed by atoms with Crippen molar-refractivity contribution < 1.29 is 24.1 Å². The molecule has 1 fully saturated rings. The largest absolute Gasteiger partial charge is 0.374 e. The second-order valence-corrected chi connectivity index (χ2v) is 11.1. The van der Waals surface area contributed by atoms with E-state index in [-0.39, 0.29) is 36.9 Å². The Labute approximate surface area is 271 Å². The number of imide groups is 1. The summed E-state index contributed by atoms with van der Waals surface area (Å²) in [5.74, 6) is -2.27. The molecule has 1 aliphatic heterocycles. The van der Waals surface area contributed by atoms with Gasteiger partial charge in [-0.05, 0) is 55.5 Å². The lowest BCUT2D eigenvalue weighted by molar-refractivity contribution is -0.384. The number of hydrogen-bond donors (Lipinski definition) is 5. The summed E-state index contributed by atoms with van der Waals surface area (Å²) in [6, 6.07) is 20.3. The van der Waals surface area contributed by atoms with E-state index in [1.54, 1.807) is 54.6 Å². The molecular weight excluding hydrogens is 604 g/mol. The Morgan fingerprint density at radius 2 is 1.55 bits per heavy atom. The highest BCUT2D eigenvalue weighted by atomic mass is 16.6. The van der Waals surface area contributed by atoms with Gasteiger partial charge in [-0.2, -0.15) is 0 Å². The molecule has 3 unspecified atom stereocenters. The number of nitrogens with two attached hydrogens (primary N) is 2. The van der Waals surface area contributed by atoms with E-state index in [0.717, 1.165) is 5.56 Å². The van der Waals surface area contributed by atoms with Crippen molar-refractivity contribution in [1.82, 2.24) is 15.5 Å². The highest BCUT2D eigenvalue weighted by Crippen LogP contribution is 2.21. The normalized spacial score (nSPS) is 15.1. The van der Waals surface area contributed by atoms with Crippen LogP contribution in [0.15, 0.2) is 89.9 Å². The van der Waals surface area contributed by atoms with Crippen molar-refractivity contribution >= 4 is 41.0 Å². The van der Waals surface area contributed by atoms with E-state index in [4.69, 9.17) is 11.5 Å². The van der Waals surface area contributed by atoms with Crippen LogP contribution in [0.1, 0.15) is 41.6 Å². The Kier molecular flexibility index (Phi) is 12.0. The Balaban J connectivity index is 1.50. The molecular formula is C33H38N8O6. The van der Waals surface area contributed by atoms with Gasteiger partial charge in [0, 0.05) is 42.9 Å². The van der Waals surface area contributed by atoms with Crippen LogP contribution in [0.4, 0.5) is 11.4 Å². The van der Waals surface area contributed by atoms with Crippen LogP contribution in [0.25, 0.3) is 0 Å². The summed E-state index contributed by atoms with van der Waals surface area (Å²) in [6.45, 7) is 0.629. The van der Waals surface area contributed by atoms with Gasteiger partial charge in [-0.1, -0.05) is 48.5 Å². The maximum Gasteiger partial charge on any atom is 0.269 e. The van der Waals surface area contributed by atoms with E-state index in [1.165, 1.54) is 29.2 Å². The molecule has 0 aliphatic carbocycles. The number of guanidine groups is 1. The average Bonchev–Trinajstić information content (AvgIpc) is 3.57.